The molecule has 4 aromatic rings. The van der Waals surface area contributed by atoms with Gasteiger partial charge in [-0.15, -0.1) is 0 Å². The van der Waals surface area contributed by atoms with Crippen molar-refractivity contribution < 1.29 is 48.6 Å². The molecule has 0 fully saturated rings. The van der Waals surface area contributed by atoms with Crippen molar-refractivity contribution in [2.24, 2.45) is 5.73 Å². The maximum absolute atomic E-state index is 13.6. The maximum Gasteiger partial charge on any atom is 0.295 e. The molecule has 15 heteroatoms. The minimum atomic E-state index is -5.18. The van der Waals surface area contributed by atoms with Crippen LogP contribution in [0.2, 0.25) is 0 Å². The SMILES string of the molecule is CC(C)(N)Oc1ccc(Oc2ccc(Oc3ccc(S(=O)(=O)c4ccc(C(C)(C)C)cc4S(=O)(=O)O)c(S(=O)(=O)O)c3)cc2)cc1. The standard InChI is InChI=1S/C31H33NO11S3/c1-30(2,3)20-6-16-26(28(18-20)45(35,36)37)44(33,34)27-17-15-25(19-29(27)46(38,39)40)42-23-9-7-21(8-10-23)41-22-11-13-24(14-12-22)43-31(4,5)32/h6-19H,32H2,1-5H3,(H,35,36,37)(H,38,39,40). The summed E-state index contributed by atoms with van der Waals surface area (Å²) in [6, 6.07) is 19.0. The second-order valence-corrected chi connectivity index (χ2v) is 16.5. The molecule has 0 unspecified atom stereocenters. The van der Waals surface area contributed by atoms with Crippen molar-refractivity contribution in [3.05, 3.63) is 90.5 Å². The van der Waals surface area contributed by atoms with E-state index in [4.69, 9.17) is 19.9 Å². The van der Waals surface area contributed by atoms with Crippen molar-refractivity contribution in [2.45, 2.75) is 65.3 Å². The highest BCUT2D eigenvalue weighted by Crippen LogP contribution is 2.37. The van der Waals surface area contributed by atoms with Gasteiger partial charge in [-0.3, -0.25) is 14.8 Å². The van der Waals surface area contributed by atoms with E-state index in [1.165, 1.54) is 18.2 Å². The fraction of sp³-hybridized carbons (Fsp3) is 0.226. The predicted octanol–water partition coefficient (Wildman–Crippen LogP) is 5.97. The van der Waals surface area contributed by atoms with Gasteiger partial charge in [-0.2, -0.15) is 16.8 Å². The van der Waals surface area contributed by atoms with E-state index in [-0.39, 0.29) is 11.5 Å². The van der Waals surface area contributed by atoms with Crippen molar-refractivity contribution in [1.29, 1.82) is 0 Å². The zero-order valence-corrected chi connectivity index (χ0v) is 27.9. The van der Waals surface area contributed by atoms with E-state index in [2.05, 4.69) is 0 Å². The van der Waals surface area contributed by atoms with Crippen LogP contribution < -0.4 is 19.9 Å². The van der Waals surface area contributed by atoms with Crippen molar-refractivity contribution >= 4 is 30.1 Å². The molecule has 12 nitrogen and oxygen atoms in total. The third-order valence-electron chi connectivity index (χ3n) is 6.36. The van der Waals surface area contributed by atoms with Gasteiger partial charge in [-0.05, 0) is 97.6 Å². The van der Waals surface area contributed by atoms with Gasteiger partial charge in [0, 0.05) is 6.07 Å². The number of sulfone groups is 1. The Morgan fingerprint density at radius 2 is 0.891 bits per heavy atom. The fourth-order valence-electron chi connectivity index (χ4n) is 4.22. The first kappa shape index (κ1) is 34.9. The summed E-state index contributed by atoms with van der Waals surface area (Å²) in [4.78, 5) is -3.79. The molecule has 0 saturated heterocycles. The summed E-state index contributed by atoms with van der Waals surface area (Å²) in [5.41, 5.74) is 4.78. The van der Waals surface area contributed by atoms with E-state index in [1.807, 2.05) is 0 Å². The Kier molecular flexibility index (Phi) is 9.34. The molecule has 0 aliphatic carbocycles. The summed E-state index contributed by atoms with van der Waals surface area (Å²) in [7, 11) is -15.2. The second-order valence-electron chi connectivity index (χ2n) is 11.8. The summed E-state index contributed by atoms with van der Waals surface area (Å²) in [5.74, 6) is 1.56. The van der Waals surface area contributed by atoms with Gasteiger partial charge in [0.2, 0.25) is 9.84 Å². The van der Waals surface area contributed by atoms with Crippen molar-refractivity contribution in [3.8, 4) is 28.7 Å². The first-order valence-corrected chi connectivity index (χ1v) is 17.9. The molecule has 0 spiro atoms. The number of benzene rings is 4. The van der Waals surface area contributed by atoms with Crippen LogP contribution in [0, 0.1) is 0 Å². The fourth-order valence-corrected chi connectivity index (χ4v) is 8.07. The quantitative estimate of drug-likeness (QED) is 0.130. The van der Waals surface area contributed by atoms with Crippen LogP contribution >= 0.6 is 0 Å². The van der Waals surface area contributed by atoms with Crippen LogP contribution in [0.4, 0.5) is 0 Å². The topological polar surface area (TPSA) is 197 Å². The largest absolute Gasteiger partial charge is 0.474 e. The van der Waals surface area contributed by atoms with E-state index in [0.29, 0.717) is 22.8 Å². The van der Waals surface area contributed by atoms with E-state index in [1.54, 1.807) is 71.0 Å². The first-order chi connectivity index (χ1) is 21.0. The Balaban J connectivity index is 1.63. The van der Waals surface area contributed by atoms with E-state index < -0.39 is 60.8 Å². The minimum Gasteiger partial charge on any atom is -0.474 e. The Bertz CT molecular complexity index is 2080. The number of hydrogen-bond acceptors (Lipinski definition) is 10. The maximum atomic E-state index is 13.6. The average Bonchev–Trinajstić information content (AvgIpc) is 2.92. The summed E-state index contributed by atoms with van der Waals surface area (Å²) < 4.78 is 113. The molecule has 4 rings (SSSR count). The minimum absolute atomic E-state index is 0.156. The van der Waals surface area contributed by atoms with Crippen LogP contribution in [0.15, 0.2) is 105 Å². The van der Waals surface area contributed by atoms with Gasteiger partial charge in [0.15, 0.2) is 5.72 Å². The number of nitrogens with two attached hydrogens (primary N) is 1. The molecule has 46 heavy (non-hydrogen) atoms. The highest BCUT2D eigenvalue weighted by atomic mass is 32.2. The number of hydrogen-bond donors (Lipinski definition) is 3. The lowest BCUT2D eigenvalue weighted by Crippen LogP contribution is -2.38. The molecule has 0 bridgehead atoms. The zero-order chi connectivity index (χ0) is 34.3. The smallest absolute Gasteiger partial charge is 0.295 e. The molecule has 0 amide bonds. The van der Waals surface area contributed by atoms with Gasteiger partial charge in [-0.1, -0.05) is 26.8 Å². The van der Waals surface area contributed by atoms with E-state index in [9.17, 15) is 34.4 Å². The van der Waals surface area contributed by atoms with Crippen LogP contribution in [-0.2, 0) is 35.5 Å². The molecule has 0 aliphatic heterocycles. The van der Waals surface area contributed by atoms with Crippen LogP contribution in [0.1, 0.15) is 40.2 Å². The highest BCUT2D eigenvalue weighted by Gasteiger charge is 2.33. The summed E-state index contributed by atoms with van der Waals surface area (Å²) >= 11 is 0. The molecule has 0 heterocycles. The molecular weight excluding hydrogens is 659 g/mol. The van der Waals surface area contributed by atoms with Crippen molar-refractivity contribution in [3.63, 3.8) is 0 Å². The summed E-state index contributed by atoms with van der Waals surface area (Å²) in [6.07, 6.45) is 0. The van der Waals surface area contributed by atoms with Gasteiger partial charge < -0.3 is 14.2 Å². The Morgan fingerprint density at radius 1 is 0.522 bits per heavy atom. The van der Waals surface area contributed by atoms with Crippen molar-refractivity contribution in [1.82, 2.24) is 0 Å². The summed E-state index contributed by atoms with van der Waals surface area (Å²) in [6.45, 7) is 8.68. The predicted molar refractivity (Wildman–Crippen MR) is 169 cm³/mol. The summed E-state index contributed by atoms with van der Waals surface area (Å²) in [5, 5.41) is 0. The lowest BCUT2D eigenvalue weighted by molar-refractivity contribution is 0.117. The third-order valence-corrected chi connectivity index (χ3v) is 10.3. The van der Waals surface area contributed by atoms with Crippen LogP contribution in [-0.4, -0.2) is 40.1 Å². The van der Waals surface area contributed by atoms with Gasteiger partial charge in [0.1, 0.15) is 38.5 Å². The number of ether oxygens (including phenoxy) is 3. The van der Waals surface area contributed by atoms with Crippen LogP contribution in [0.25, 0.3) is 0 Å². The third kappa shape index (κ3) is 8.43. The first-order valence-electron chi connectivity index (χ1n) is 13.6. The van der Waals surface area contributed by atoms with Crippen LogP contribution in [0.3, 0.4) is 0 Å². The average molecular weight is 692 g/mol. The Hall–Kier alpha value is -3.99. The van der Waals surface area contributed by atoms with Gasteiger partial charge in [-0.25, -0.2) is 8.42 Å². The normalized spacial score (nSPS) is 12.9. The molecule has 0 saturated carbocycles. The van der Waals surface area contributed by atoms with E-state index >= 15 is 0 Å². The molecular formula is C31H33NO11S3. The molecule has 0 aliphatic rings. The Labute approximate surface area is 268 Å². The number of rotatable bonds is 10. The molecule has 246 valence electrons. The Morgan fingerprint density at radius 3 is 1.30 bits per heavy atom. The lowest BCUT2D eigenvalue weighted by Gasteiger charge is -2.21. The van der Waals surface area contributed by atoms with Gasteiger partial charge >= 0.3 is 0 Å². The molecule has 0 aromatic heterocycles. The molecule has 4 N–H and O–H groups in total. The molecule has 0 radical (unpaired) electrons. The van der Waals surface area contributed by atoms with Gasteiger partial charge in [0.25, 0.3) is 20.2 Å². The zero-order valence-electron chi connectivity index (χ0n) is 25.5. The highest BCUT2D eigenvalue weighted by molar-refractivity contribution is 7.94. The van der Waals surface area contributed by atoms with Gasteiger partial charge in [0.05, 0.1) is 9.79 Å². The van der Waals surface area contributed by atoms with Crippen LogP contribution in [0.5, 0.6) is 28.7 Å². The lowest BCUT2D eigenvalue weighted by atomic mass is 9.87. The molecule has 0 atom stereocenters. The monoisotopic (exact) mass is 691 g/mol. The molecule has 4 aromatic carbocycles. The second kappa shape index (κ2) is 12.3. The van der Waals surface area contributed by atoms with Crippen molar-refractivity contribution in [2.75, 3.05) is 0 Å². The van der Waals surface area contributed by atoms with E-state index in [0.717, 1.165) is 30.3 Å².